The molecule has 0 saturated heterocycles. The number of furan rings is 1. The van der Waals surface area contributed by atoms with Crippen LogP contribution in [0, 0.1) is 0 Å². The Labute approximate surface area is 116 Å². The van der Waals surface area contributed by atoms with Crippen LogP contribution in [0.15, 0.2) is 28.7 Å². The van der Waals surface area contributed by atoms with E-state index in [-0.39, 0.29) is 5.75 Å². The van der Waals surface area contributed by atoms with Crippen molar-refractivity contribution in [3.63, 3.8) is 0 Å². The number of benzene rings is 1. The summed E-state index contributed by atoms with van der Waals surface area (Å²) in [6.45, 7) is 0. The van der Waals surface area contributed by atoms with E-state index < -0.39 is 0 Å². The maximum Gasteiger partial charge on any atom is 0.154 e. The molecule has 0 amide bonds. The maximum atomic E-state index is 11.4. The molecule has 1 aliphatic rings. The number of hydrogen-bond donors (Lipinski definition) is 1. The quantitative estimate of drug-likeness (QED) is 0.868. The number of allylic oxidation sites excluding steroid dienone is 1. The van der Waals surface area contributed by atoms with Gasteiger partial charge in [0.2, 0.25) is 0 Å². The van der Waals surface area contributed by atoms with Crippen molar-refractivity contribution in [1.29, 1.82) is 0 Å². The highest BCUT2D eigenvalue weighted by molar-refractivity contribution is 5.92. The van der Waals surface area contributed by atoms with Gasteiger partial charge in [-0.3, -0.25) is 4.79 Å². The van der Waals surface area contributed by atoms with E-state index in [2.05, 4.69) is 0 Å². The maximum absolute atomic E-state index is 11.4. The van der Waals surface area contributed by atoms with Crippen molar-refractivity contribution in [3.8, 4) is 22.8 Å². The number of aryl methyl sites for hydroxylation is 1. The predicted octanol–water partition coefficient (Wildman–Crippen LogP) is 3.43. The van der Waals surface area contributed by atoms with Crippen molar-refractivity contribution in [2.75, 3.05) is 7.11 Å². The molecule has 0 fully saturated rings. The number of ether oxygens (including phenoxy) is 1. The summed E-state index contributed by atoms with van der Waals surface area (Å²) in [4.78, 5) is 11.4. The van der Waals surface area contributed by atoms with E-state index in [1.54, 1.807) is 12.1 Å². The molecule has 3 rings (SSSR count). The van der Waals surface area contributed by atoms with Gasteiger partial charge in [-0.25, -0.2) is 0 Å². The Bertz CT molecular complexity index is 695. The summed E-state index contributed by atoms with van der Waals surface area (Å²) in [7, 11) is 1.52. The van der Waals surface area contributed by atoms with Crippen LogP contribution >= 0.6 is 0 Å². The number of phenols is 1. The van der Waals surface area contributed by atoms with Crippen LogP contribution in [0.1, 0.15) is 28.1 Å². The van der Waals surface area contributed by atoms with Gasteiger partial charge in [0.1, 0.15) is 23.0 Å². The number of carbonyl (C=O) groups is 1. The van der Waals surface area contributed by atoms with Gasteiger partial charge in [-0.15, -0.1) is 0 Å². The molecule has 20 heavy (non-hydrogen) atoms. The molecule has 0 unspecified atom stereocenters. The minimum Gasteiger partial charge on any atom is -0.508 e. The van der Waals surface area contributed by atoms with E-state index in [9.17, 15) is 9.90 Å². The van der Waals surface area contributed by atoms with Crippen molar-refractivity contribution in [2.24, 2.45) is 0 Å². The van der Waals surface area contributed by atoms with E-state index in [1.165, 1.54) is 13.2 Å². The Balaban J connectivity index is 2.22. The summed E-state index contributed by atoms with van der Waals surface area (Å²) in [5.41, 5.74) is 2.03. The second-order valence-electron chi connectivity index (χ2n) is 4.63. The zero-order valence-electron chi connectivity index (χ0n) is 11.1. The molecule has 1 aromatic heterocycles. The number of aldehydes is 1. The van der Waals surface area contributed by atoms with Gasteiger partial charge in [0.05, 0.1) is 18.2 Å². The van der Waals surface area contributed by atoms with E-state index in [0.29, 0.717) is 22.6 Å². The Hall–Kier alpha value is -2.49. The van der Waals surface area contributed by atoms with E-state index in [1.807, 2.05) is 12.2 Å². The topological polar surface area (TPSA) is 59.7 Å². The fourth-order valence-electron chi connectivity index (χ4n) is 2.47. The van der Waals surface area contributed by atoms with Gasteiger partial charge >= 0.3 is 0 Å². The first-order valence-electron chi connectivity index (χ1n) is 6.39. The molecular weight excluding hydrogens is 256 g/mol. The minimum atomic E-state index is 0.106. The lowest BCUT2D eigenvalue weighted by atomic mass is 9.99. The van der Waals surface area contributed by atoms with Gasteiger partial charge in [-0.2, -0.15) is 0 Å². The highest BCUT2D eigenvalue weighted by atomic mass is 16.5. The van der Waals surface area contributed by atoms with E-state index in [0.717, 1.165) is 30.5 Å². The molecule has 4 nitrogen and oxygen atoms in total. The summed E-state index contributed by atoms with van der Waals surface area (Å²) in [5, 5.41) is 9.51. The van der Waals surface area contributed by atoms with Crippen LogP contribution in [0.3, 0.4) is 0 Å². The van der Waals surface area contributed by atoms with Crippen LogP contribution in [0.2, 0.25) is 0 Å². The molecule has 0 radical (unpaired) electrons. The van der Waals surface area contributed by atoms with E-state index >= 15 is 0 Å². The van der Waals surface area contributed by atoms with Crippen LogP contribution in [0.5, 0.6) is 11.5 Å². The Morgan fingerprint density at radius 1 is 1.40 bits per heavy atom. The number of methoxy groups -OCH3 is 1. The second kappa shape index (κ2) is 4.89. The summed E-state index contributed by atoms with van der Waals surface area (Å²) < 4.78 is 11.1. The number of phenolic OH excluding ortho intramolecular Hbond substituents is 1. The first-order chi connectivity index (χ1) is 9.74. The monoisotopic (exact) mass is 270 g/mol. The SMILES string of the molecule is COc1cc(O)ccc1-c1oc2c(c1C=O)C=CCC2. The summed E-state index contributed by atoms with van der Waals surface area (Å²) >= 11 is 0. The lowest BCUT2D eigenvalue weighted by Gasteiger charge is -2.07. The molecule has 102 valence electrons. The third-order valence-corrected chi connectivity index (χ3v) is 3.43. The second-order valence-corrected chi connectivity index (χ2v) is 4.63. The molecule has 1 aromatic carbocycles. The van der Waals surface area contributed by atoms with Gasteiger partial charge < -0.3 is 14.3 Å². The van der Waals surface area contributed by atoms with Crippen molar-refractivity contribution >= 4 is 12.4 Å². The molecule has 1 aliphatic carbocycles. The van der Waals surface area contributed by atoms with Crippen molar-refractivity contribution in [3.05, 3.63) is 41.2 Å². The Morgan fingerprint density at radius 3 is 3.00 bits per heavy atom. The van der Waals surface area contributed by atoms with Gasteiger partial charge in [0.25, 0.3) is 0 Å². The van der Waals surface area contributed by atoms with Gasteiger partial charge in [-0.05, 0) is 18.6 Å². The molecule has 0 spiro atoms. The average Bonchev–Trinajstić information content (AvgIpc) is 2.85. The van der Waals surface area contributed by atoms with Crippen LogP contribution in [0.4, 0.5) is 0 Å². The van der Waals surface area contributed by atoms with Gasteiger partial charge in [0.15, 0.2) is 6.29 Å². The molecule has 0 bridgehead atoms. The molecule has 0 saturated carbocycles. The highest BCUT2D eigenvalue weighted by Gasteiger charge is 2.23. The van der Waals surface area contributed by atoms with Crippen LogP contribution in [-0.4, -0.2) is 18.5 Å². The predicted molar refractivity (Wildman–Crippen MR) is 75.1 cm³/mol. The zero-order chi connectivity index (χ0) is 14.1. The molecule has 1 heterocycles. The standard InChI is InChI=1S/C16H14O4/c1-19-15-8-10(18)6-7-12(15)16-13(9-17)11-4-2-3-5-14(11)20-16/h2,4,6-9,18H,3,5H2,1H3. The fraction of sp³-hybridized carbons (Fsp3) is 0.188. The summed E-state index contributed by atoms with van der Waals surface area (Å²) in [6, 6.07) is 4.74. The summed E-state index contributed by atoms with van der Waals surface area (Å²) in [5.74, 6) is 1.89. The minimum absolute atomic E-state index is 0.106. The Kier molecular flexibility index (Phi) is 3.06. The van der Waals surface area contributed by atoms with Crippen LogP contribution in [-0.2, 0) is 6.42 Å². The van der Waals surface area contributed by atoms with Crippen molar-refractivity contribution in [2.45, 2.75) is 12.8 Å². The zero-order valence-corrected chi connectivity index (χ0v) is 11.1. The first kappa shape index (κ1) is 12.5. The smallest absolute Gasteiger partial charge is 0.154 e. The first-order valence-corrected chi connectivity index (χ1v) is 6.39. The molecule has 0 aliphatic heterocycles. The molecule has 0 atom stereocenters. The lowest BCUT2D eigenvalue weighted by molar-refractivity contribution is 0.112. The van der Waals surface area contributed by atoms with E-state index in [4.69, 9.17) is 9.15 Å². The number of fused-ring (bicyclic) bond motifs is 1. The van der Waals surface area contributed by atoms with Crippen molar-refractivity contribution < 1.29 is 19.1 Å². The number of aromatic hydroxyl groups is 1. The normalized spacial score (nSPS) is 13.1. The van der Waals surface area contributed by atoms with Crippen LogP contribution < -0.4 is 4.74 Å². The van der Waals surface area contributed by atoms with Crippen molar-refractivity contribution in [1.82, 2.24) is 0 Å². The third-order valence-electron chi connectivity index (χ3n) is 3.43. The van der Waals surface area contributed by atoms with Gasteiger partial charge in [-0.1, -0.05) is 12.2 Å². The summed E-state index contributed by atoms with van der Waals surface area (Å²) in [6.07, 6.45) is 6.45. The average molecular weight is 270 g/mol. The third kappa shape index (κ3) is 1.90. The lowest BCUT2D eigenvalue weighted by Crippen LogP contribution is -1.92. The van der Waals surface area contributed by atoms with Gasteiger partial charge in [0, 0.05) is 18.1 Å². The number of rotatable bonds is 3. The molecule has 1 N–H and O–H groups in total. The number of hydrogen-bond acceptors (Lipinski definition) is 4. The molecule has 4 heteroatoms. The number of carbonyl (C=O) groups excluding carboxylic acids is 1. The molecular formula is C16H14O4. The highest BCUT2D eigenvalue weighted by Crippen LogP contribution is 2.39. The van der Waals surface area contributed by atoms with Crippen LogP contribution in [0.25, 0.3) is 17.4 Å². The Morgan fingerprint density at radius 2 is 2.25 bits per heavy atom. The fourth-order valence-corrected chi connectivity index (χ4v) is 2.47. The molecule has 2 aromatic rings. The largest absolute Gasteiger partial charge is 0.508 e.